The molecule has 0 aromatic heterocycles. The summed E-state index contributed by atoms with van der Waals surface area (Å²) in [5.41, 5.74) is 0.126. The van der Waals surface area contributed by atoms with Gasteiger partial charge in [-0.2, -0.15) is 0 Å². The average molecular weight is 225 g/mol. The molecule has 0 aromatic rings. The quantitative estimate of drug-likeness (QED) is 0.695. The molecule has 0 aromatic carbocycles. The standard InChI is InChI=1S/C13H23NO2/c1-12(2,3)16-11(15)10-8-13(9-10)4-6-14-7-5-13/h10,14H,4-9H2,1-3H3. The highest BCUT2D eigenvalue weighted by atomic mass is 16.6. The molecule has 1 N–H and O–H groups in total. The number of hydrogen-bond donors (Lipinski definition) is 1. The van der Waals surface area contributed by atoms with Crippen LogP contribution in [0.1, 0.15) is 46.5 Å². The molecule has 2 aliphatic rings. The van der Waals surface area contributed by atoms with Gasteiger partial charge in [-0.25, -0.2) is 0 Å². The van der Waals surface area contributed by atoms with Crippen LogP contribution in [0.4, 0.5) is 0 Å². The van der Waals surface area contributed by atoms with E-state index in [2.05, 4.69) is 5.32 Å². The highest BCUT2D eigenvalue weighted by Gasteiger charge is 2.48. The molecule has 0 radical (unpaired) electrons. The van der Waals surface area contributed by atoms with Gasteiger partial charge < -0.3 is 10.1 Å². The molecule has 0 atom stereocenters. The average Bonchev–Trinajstić information content (AvgIpc) is 2.12. The van der Waals surface area contributed by atoms with Gasteiger partial charge in [0.2, 0.25) is 0 Å². The maximum absolute atomic E-state index is 11.8. The van der Waals surface area contributed by atoms with Crippen LogP contribution in [0, 0.1) is 11.3 Å². The second-order valence-electron chi connectivity index (χ2n) is 6.39. The summed E-state index contributed by atoms with van der Waals surface area (Å²) in [6.45, 7) is 8.03. The van der Waals surface area contributed by atoms with Gasteiger partial charge in [0, 0.05) is 0 Å². The number of esters is 1. The van der Waals surface area contributed by atoms with E-state index >= 15 is 0 Å². The predicted molar refractivity (Wildman–Crippen MR) is 63.1 cm³/mol. The summed E-state index contributed by atoms with van der Waals surface area (Å²) in [5, 5.41) is 3.37. The highest BCUT2D eigenvalue weighted by molar-refractivity contribution is 5.74. The van der Waals surface area contributed by atoms with Crippen molar-refractivity contribution in [2.75, 3.05) is 13.1 Å². The zero-order valence-electron chi connectivity index (χ0n) is 10.6. The molecule has 2 fully saturated rings. The molecule has 0 bridgehead atoms. The summed E-state index contributed by atoms with van der Waals surface area (Å²) in [4.78, 5) is 11.8. The molecule has 92 valence electrons. The minimum atomic E-state index is -0.339. The van der Waals surface area contributed by atoms with Crippen LogP contribution >= 0.6 is 0 Å². The first-order chi connectivity index (χ1) is 7.40. The third-order valence-electron chi connectivity index (χ3n) is 3.76. The molecule has 2 rings (SSSR count). The summed E-state index contributed by atoms with van der Waals surface area (Å²) in [7, 11) is 0. The molecule has 1 spiro atoms. The molecule has 1 heterocycles. The van der Waals surface area contributed by atoms with Crippen molar-refractivity contribution in [2.45, 2.75) is 52.1 Å². The Morgan fingerprint density at radius 3 is 2.31 bits per heavy atom. The van der Waals surface area contributed by atoms with Gasteiger partial charge in [-0.3, -0.25) is 4.79 Å². The monoisotopic (exact) mass is 225 g/mol. The SMILES string of the molecule is CC(C)(C)OC(=O)C1CC2(CCNCC2)C1. The number of carbonyl (C=O) groups excluding carboxylic acids is 1. The first-order valence-corrected chi connectivity index (χ1v) is 6.34. The molecule has 3 heteroatoms. The van der Waals surface area contributed by atoms with Crippen LogP contribution in [-0.4, -0.2) is 24.7 Å². The Morgan fingerprint density at radius 1 is 1.25 bits per heavy atom. The van der Waals surface area contributed by atoms with Crippen molar-refractivity contribution in [3.8, 4) is 0 Å². The van der Waals surface area contributed by atoms with E-state index in [1.54, 1.807) is 0 Å². The normalized spacial score (nSPS) is 25.2. The Labute approximate surface area is 97.9 Å². The fourth-order valence-electron chi connectivity index (χ4n) is 2.90. The van der Waals surface area contributed by atoms with E-state index < -0.39 is 0 Å². The third kappa shape index (κ3) is 2.57. The van der Waals surface area contributed by atoms with E-state index in [9.17, 15) is 4.79 Å². The lowest BCUT2D eigenvalue weighted by atomic mass is 9.58. The molecule has 1 aliphatic heterocycles. The van der Waals surface area contributed by atoms with E-state index in [1.807, 2.05) is 20.8 Å². The minimum absolute atomic E-state index is 0.0108. The second-order valence-corrected chi connectivity index (χ2v) is 6.39. The highest BCUT2D eigenvalue weighted by Crippen LogP contribution is 2.52. The first-order valence-electron chi connectivity index (χ1n) is 6.34. The topological polar surface area (TPSA) is 38.3 Å². The van der Waals surface area contributed by atoms with Crippen molar-refractivity contribution in [2.24, 2.45) is 11.3 Å². The molecule has 0 amide bonds. The Hall–Kier alpha value is -0.570. The summed E-state index contributed by atoms with van der Waals surface area (Å²) in [6.07, 6.45) is 4.55. The van der Waals surface area contributed by atoms with E-state index in [0.717, 1.165) is 25.9 Å². The van der Waals surface area contributed by atoms with Crippen LogP contribution in [-0.2, 0) is 9.53 Å². The Bertz CT molecular complexity index is 266. The van der Waals surface area contributed by atoms with E-state index in [0.29, 0.717) is 5.41 Å². The van der Waals surface area contributed by atoms with Gasteiger partial charge >= 0.3 is 5.97 Å². The molecule has 1 aliphatic carbocycles. The lowest BCUT2D eigenvalue weighted by molar-refractivity contribution is -0.169. The van der Waals surface area contributed by atoms with Crippen LogP contribution in [0.15, 0.2) is 0 Å². The van der Waals surface area contributed by atoms with Gasteiger partial charge in [-0.05, 0) is 65.0 Å². The number of carbonyl (C=O) groups is 1. The number of nitrogens with one attached hydrogen (secondary N) is 1. The van der Waals surface area contributed by atoms with Gasteiger partial charge in [0.25, 0.3) is 0 Å². The van der Waals surface area contributed by atoms with Crippen molar-refractivity contribution < 1.29 is 9.53 Å². The van der Waals surface area contributed by atoms with Crippen molar-refractivity contribution in [3.63, 3.8) is 0 Å². The zero-order valence-corrected chi connectivity index (χ0v) is 10.6. The second kappa shape index (κ2) is 4.02. The lowest BCUT2D eigenvalue weighted by Gasteiger charge is -2.49. The molecule has 3 nitrogen and oxygen atoms in total. The summed E-state index contributed by atoms with van der Waals surface area (Å²) in [5.74, 6) is 0.175. The molecule has 1 saturated heterocycles. The Morgan fingerprint density at radius 2 is 1.81 bits per heavy atom. The molecule has 0 unspecified atom stereocenters. The summed E-state index contributed by atoms with van der Waals surface area (Å²) < 4.78 is 5.42. The molecular weight excluding hydrogens is 202 g/mol. The summed E-state index contributed by atoms with van der Waals surface area (Å²) in [6, 6.07) is 0. The number of ether oxygens (including phenoxy) is 1. The van der Waals surface area contributed by atoms with Crippen molar-refractivity contribution in [3.05, 3.63) is 0 Å². The Kier molecular flexibility index (Phi) is 2.99. The Balaban J connectivity index is 1.81. The van der Waals surface area contributed by atoms with Crippen molar-refractivity contribution >= 4 is 5.97 Å². The van der Waals surface area contributed by atoms with E-state index in [4.69, 9.17) is 4.74 Å². The maximum Gasteiger partial charge on any atom is 0.309 e. The minimum Gasteiger partial charge on any atom is -0.460 e. The largest absolute Gasteiger partial charge is 0.460 e. The van der Waals surface area contributed by atoms with Crippen molar-refractivity contribution in [1.29, 1.82) is 0 Å². The maximum atomic E-state index is 11.8. The molecular formula is C13H23NO2. The zero-order chi connectivity index (χ0) is 11.8. The van der Waals surface area contributed by atoms with Crippen molar-refractivity contribution in [1.82, 2.24) is 5.32 Å². The smallest absolute Gasteiger partial charge is 0.309 e. The summed E-state index contributed by atoms with van der Waals surface area (Å²) >= 11 is 0. The van der Waals surface area contributed by atoms with E-state index in [-0.39, 0.29) is 17.5 Å². The third-order valence-corrected chi connectivity index (χ3v) is 3.76. The fraction of sp³-hybridized carbons (Fsp3) is 0.923. The van der Waals surface area contributed by atoms with Gasteiger partial charge in [-0.15, -0.1) is 0 Å². The number of hydrogen-bond acceptors (Lipinski definition) is 3. The van der Waals surface area contributed by atoms with Gasteiger partial charge in [-0.1, -0.05) is 0 Å². The van der Waals surface area contributed by atoms with Crippen LogP contribution in [0.3, 0.4) is 0 Å². The van der Waals surface area contributed by atoms with Crippen LogP contribution in [0.5, 0.6) is 0 Å². The van der Waals surface area contributed by atoms with Gasteiger partial charge in [0.15, 0.2) is 0 Å². The molecule has 16 heavy (non-hydrogen) atoms. The van der Waals surface area contributed by atoms with Crippen LogP contribution in [0.25, 0.3) is 0 Å². The van der Waals surface area contributed by atoms with Crippen LogP contribution in [0.2, 0.25) is 0 Å². The fourth-order valence-corrected chi connectivity index (χ4v) is 2.90. The van der Waals surface area contributed by atoms with Crippen LogP contribution < -0.4 is 5.32 Å². The first kappa shape index (κ1) is 11.9. The number of rotatable bonds is 1. The van der Waals surface area contributed by atoms with Gasteiger partial charge in [0.05, 0.1) is 5.92 Å². The molecule has 1 saturated carbocycles. The predicted octanol–water partition coefficient (Wildman–Crippen LogP) is 2.11. The van der Waals surface area contributed by atoms with Gasteiger partial charge in [0.1, 0.15) is 5.60 Å². The lowest BCUT2D eigenvalue weighted by Crippen LogP contribution is -2.48. The van der Waals surface area contributed by atoms with E-state index in [1.165, 1.54) is 12.8 Å². The number of piperidine rings is 1.